The van der Waals surface area contributed by atoms with E-state index in [2.05, 4.69) is 4.51 Å². The first-order chi connectivity index (χ1) is 4.22. The molecule has 0 aliphatic rings. The summed E-state index contributed by atoms with van der Waals surface area (Å²) in [6, 6.07) is 0. The zero-order chi connectivity index (χ0) is 7.28. The van der Waals surface area contributed by atoms with E-state index in [1.54, 1.807) is 0 Å². The van der Waals surface area contributed by atoms with Crippen LogP contribution in [0.15, 0.2) is 4.51 Å². The van der Waals surface area contributed by atoms with Crippen LogP contribution in [0.1, 0.15) is 19.8 Å². The summed E-state index contributed by atoms with van der Waals surface area (Å²) in [6.07, 6.45) is 1.61. The lowest BCUT2D eigenvalue weighted by atomic mass is 10.3. The van der Waals surface area contributed by atoms with Crippen molar-refractivity contribution in [3.63, 3.8) is 0 Å². The summed E-state index contributed by atoms with van der Waals surface area (Å²) in [5.41, 5.74) is 0. The monoisotopic (exact) mass is 188 g/mol. The first-order valence-electron chi connectivity index (χ1n) is 2.51. The second kappa shape index (κ2) is 5.15. The maximum Gasteiger partial charge on any atom is 0.150 e. The predicted octanol–water partition coefficient (Wildman–Crippen LogP) is 2.95. The Morgan fingerprint density at radius 1 is 1.56 bits per heavy atom. The molecule has 0 rings (SSSR count). The van der Waals surface area contributed by atoms with Crippen molar-refractivity contribution in [2.45, 2.75) is 19.8 Å². The van der Waals surface area contributed by atoms with Gasteiger partial charge in [-0.3, -0.25) is 0 Å². The highest BCUT2D eigenvalue weighted by atomic mass is 35.5. The summed E-state index contributed by atoms with van der Waals surface area (Å²) < 4.78 is 4.20. The Balaban J connectivity index is 3.70. The summed E-state index contributed by atoms with van der Waals surface area (Å²) in [5, 5.41) is 0. The summed E-state index contributed by atoms with van der Waals surface area (Å²) in [5.74, 6) is 0.475. The maximum absolute atomic E-state index is 5.31. The highest BCUT2D eigenvalue weighted by molar-refractivity contribution is 6.43. The molecular formula is C4H7Cl3N2. The molecule has 2 nitrogen and oxygen atoms in total. The number of rotatable bonds is 2. The molecule has 0 N–H and O–H groups in total. The lowest BCUT2D eigenvalue weighted by molar-refractivity contribution is 0.912. The van der Waals surface area contributed by atoms with Crippen molar-refractivity contribution in [1.29, 1.82) is 0 Å². The smallest absolute Gasteiger partial charge is 0.150 e. The van der Waals surface area contributed by atoms with Gasteiger partial charge in [-0.1, -0.05) is 6.92 Å². The SMILES string of the molecule is CCCC(=NCl)N(Cl)Cl. The molecule has 0 aliphatic heterocycles. The van der Waals surface area contributed by atoms with Crippen LogP contribution in [-0.4, -0.2) is 9.77 Å². The van der Waals surface area contributed by atoms with Crippen molar-refractivity contribution in [2.75, 3.05) is 0 Å². The Hall–Kier alpha value is 0.340. The molecule has 0 atom stereocenters. The van der Waals surface area contributed by atoms with Gasteiger partial charge in [0, 0.05) is 41.8 Å². The van der Waals surface area contributed by atoms with E-state index in [0.29, 0.717) is 12.3 Å². The van der Waals surface area contributed by atoms with Crippen LogP contribution in [-0.2, 0) is 0 Å². The molecule has 0 unspecified atom stereocenters. The highest BCUT2D eigenvalue weighted by Gasteiger charge is 2.02. The topological polar surface area (TPSA) is 15.6 Å². The van der Waals surface area contributed by atoms with E-state index in [1.807, 2.05) is 6.92 Å². The minimum atomic E-state index is 0.475. The molecule has 0 aromatic carbocycles. The Bertz CT molecular complexity index is 102. The summed E-state index contributed by atoms with van der Waals surface area (Å²) in [6.45, 7) is 1.99. The van der Waals surface area contributed by atoms with E-state index in [1.165, 1.54) is 0 Å². The van der Waals surface area contributed by atoms with Gasteiger partial charge >= 0.3 is 0 Å². The van der Waals surface area contributed by atoms with E-state index in [0.717, 1.165) is 10.4 Å². The van der Waals surface area contributed by atoms with Crippen molar-refractivity contribution in [2.24, 2.45) is 4.51 Å². The van der Waals surface area contributed by atoms with Crippen LogP contribution in [0.5, 0.6) is 0 Å². The van der Waals surface area contributed by atoms with Gasteiger partial charge in [-0.2, -0.15) is 8.45 Å². The fourth-order valence-electron chi connectivity index (χ4n) is 0.379. The molecule has 9 heavy (non-hydrogen) atoms. The van der Waals surface area contributed by atoms with E-state index in [-0.39, 0.29) is 0 Å². The van der Waals surface area contributed by atoms with Gasteiger partial charge in [0.25, 0.3) is 0 Å². The molecule has 5 heteroatoms. The zero-order valence-electron chi connectivity index (χ0n) is 4.94. The molecule has 0 amide bonds. The Morgan fingerprint density at radius 3 is 2.22 bits per heavy atom. The zero-order valence-corrected chi connectivity index (χ0v) is 7.21. The number of halogens is 3. The van der Waals surface area contributed by atoms with Gasteiger partial charge in [0.15, 0.2) is 5.84 Å². The van der Waals surface area contributed by atoms with Crippen LogP contribution in [0.4, 0.5) is 0 Å². The van der Waals surface area contributed by atoms with Crippen LogP contribution < -0.4 is 0 Å². The van der Waals surface area contributed by atoms with Gasteiger partial charge in [0.05, 0.1) is 0 Å². The van der Waals surface area contributed by atoms with E-state index in [4.69, 9.17) is 35.3 Å². The number of amidine groups is 1. The van der Waals surface area contributed by atoms with Crippen LogP contribution in [0, 0.1) is 0 Å². The highest BCUT2D eigenvalue weighted by Crippen LogP contribution is 2.07. The molecule has 0 fully saturated rings. The fourth-order valence-corrected chi connectivity index (χ4v) is 0.861. The van der Waals surface area contributed by atoms with Gasteiger partial charge in [-0.25, -0.2) is 0 Å². The van der Waals surface area contributed by atoms with Crippen LogP contribution in [0.2, 0.25) is 0 Å². The average Bonchev–Trinajstić information content (AvgIpc) is 1.82. The van der Waals surface area contributed by atoms with Crippen molar-refractivity contribution in [1.82, 2.24) is 3.94 Å². The van der Waals surface area contributed by atoms with Crippen molar-refractivity contribution in [3.8, 4) is 0 Å². The molecule has 0 radical (unpaired) electrons. The number of hydrogen-bond donors (Lipinski definition) is 0. The normalized spacial score (nSPS) is 11.8. The fraction of sp³-hybridized carbons (Fsp3) is 0.750. The van der Waals surface area contributed by atoms with Gasteiger partial charge < -0.3 is 0 Å². The Kier molecular flexibility index (Phi) is 5.35. The lowest BCUT2D eigenvalue weighted by Gasteiger charge is -2.04. The number of hydrogen-bond acceptors (Lipinski definition) is 1. The summed E-state index contributed by atoms with van der Waals surface area (Å²) >= 11 is 15.7. The van der Waals surface area contributed by atoms with Crippen LogP contribution in [0.3, 0.4) is 0 Å². The predicted molar refractivity (Wildman–Crippen MR) is 41.7 cm³/mol. The standard InChI is InChI=1S/C4H7Cl3N2/c1-2-3-4(8-5)9(6)7/h2-3H2,1H3. The quantitative estimate of drug-likeness (QED) is 0.370. The van der Waals surface area contributed by atoms with Crippen molar-refractivity contribution >= 4 is 41.2 Å². The number of nitrogens with zero attached hydrogens (tertiary/aromatic N) is 2. The van der Waals surface area contributed by atoms with Gasteiger partial charge in [-0.05, 0) is 6.42 Å². The average molecular weight is 189 g/mol. The first kappa shape index (κ1) is 9.34. The molecule has 0 saturated heterocycles. The minimum Gasteiger partial charge on any atom is -0.178 e. The third-order valence-corrected chi connectivity index (χ3v) is 1.35. The third kappa shape index (κ3) is 3.84. The summed E-state index contributed by atoms with van der Waals surface area (Å²) in [4.78, 5) is 0. The first-order valence-corrected chi connectivity index (χ1v) is 3.53. The molecule has 0 aliphatic carbocycles. The van der Waals surface area contributed by atoms with Crippen molar-refractivity contribution in [3.05, 3.63) is 0 Å². The van der Waals surface area contributed by atoms with Gasteiger partial charge in [0.2, 0.25) is 0 Å². The minimum absolute atomic E-state index is 0.475. The lowest BCUT2D eigenvalue weighted by Crippen LogP contribution is -2.09. The van der Waals surface area contributed by atoms with E-state index in [9.17, 15) is 0 Å². The van der Waals surface area contributed by atoms with E-state index >= 15 is 0 Å². The molecule has 54 valence electrons. The van der Waals surface area contributed by atoms with Gasteiger partial charge in [0.1, 0.15) is 0 Å². The van der Waals surface area contributed by atoms with Crippen molar-refractivity contribution < 1.29 is 0 Å². The Morgan fingerprint density at radius 2 is 2.11 bits per heavy atom. The molecular weight excluding hydrogens is 182 g/mol. The van der Waals surface area contributed by atoms with Gasteiger partial charge in [-0.15, -0.1) is 0 Å². The third-order valence-electron chi connectivity index (χ3n) is 0.766. The second-order valence-electron chi connectivity index (χ2n) is 1.48. The molecule has 0 spiro atoms. The summed E-state index contributed by atoms with van der Waals surface area (Å²) in [7, 11) is 0. The molecule has 0 aromatic heterocycles. The molecule has 0 bridgehead atoms. The second-order valence-corrected chi connectivity index (χ2v) is 2.50. The molecule has 0 aromatic rings. The van der Waals surface area contributed by atoms with Crippen LogP contribution >= 0.6 is 35.3 Å². The molecule has 0 heterocycles. The maximum atomic E-state index is 5.31. The largest absolute Gasteiger partial charge is 0.178 e. The molecule has 0 saturated carbocycles. The van der Waals surface area contributed by atoms with Crippen LogP contribution in [0.25, 0.3) is 0 Å². The Labute approximate surface area is 69.7 Å². The van der Waals surface area contributed by atoms with E-state index < -0.39 is 0 Å².